The normalized spacial score (nSPS) is 8.00. The number of phenolic OH excluding ortho intramolecular Hbond substituents is 1. The summed E-state index contributed by atoms with van der Waals surface area (Å²) in [5.74, 6) is 0.0330. The Morgan fingerprint density at radius 1 is 1.31 bits per heavy atom. The molecule has 0 bridgehead atoms. The first-order chi connectivity index (χ1) is 6.11. The summed E-state index contributed by atoms with van der Waals surface area (Å²) in [7, 11) is 0. The van der Waals surface area contributed by atoms with Gasteiger partial charge in [0.1, 0.15) is 5.75 Å². The molecule has 0 aliphatic heterocycles. The molecular weight excluding hydrogens is 178 g/mol. The molecule has 1 aromatic carbocycles. The minimum absolute atomic E-state index is 0.0159. The number of nitro groups is 1. The maximum Gasteiger partial charge on any atom is 0.290 e. The fourth-order valence-electron chi connectivity index (χ4n) is 0.574. The predicted molar refractivity (Wildman–Crippen MR) is 43.5 cm³/mol. The zero-order valence-corrected chi connectivity index (χ0v) is 6.45. The molecule has 1 aromatic rings. The van der Waals surface area contributed by atoms with E-state index in [2.05, 4.69) is 0 Å². The van der Waals surface area contributed by atoms with E-state index in [0.29, 0.717) is 0 Å². The first kappa shape index (κ1) is 10.9. The number of carboxylic acid groups (broad SMARTS) is 1. The topological polar surface area (TPSA) is 101 Å². The Bertz CT molecular complexity index is 281. The summed E-state index contributed by atoms with van der Waals surface area (Å²) < 4.78 is 0. The van der Waals surface area contributed by atoms with Crippen LogP contribution < -0.4 is 0 Å². The van der Waals surface area contributed by atoms with Crippen LogP contribution in [0.3, 0.4) is 0 Å². The van der Waals surface area contributed by atoms with Gasteiger partial charge in [0.25, 0.3) is 12.2 Å². The van der Waals surface area contributed by atoms with Gasteiger partial charge in [-0.3, -0.25) is 14.9 Å². The van der Waals surface area contributed by atoms with E-state index in [1.54, 1.807) is 0 Å². The van der Waals surface area contributed by atoms with Crippen LogP contribution in [0.5, 0.6) is 5.75 Å². The summed E-state index contributed by atoms with van der Waals surface area (Å²) in [6.45, 7) is -0.250. The highest BCUT2D eigenvalue weighted by Crippen LogP contribution is 2.14. The molecule has 0 aliphatic rings. The van der Waals surface area contributed by atoms with E-state index in [0.717, 1.165) is 0 Å². The molecular formula is C7H7NO5. The summed E-state index contributed by atoms with van der Waals surface area (Å²) in [6.07, 6.45) is 0. The number of carbonyl (C=O) groups is 1. The fraction of sp³-hybridized carbons (Fsp3) is 0. The van der Waals surface area contributed by atoms with Crippen molar-refractivity contribution in [1.82, 2.24) is 0 Å². The van der Waals surface area contributed by atoms with Crippen molar-refractivity contribution in [3.63, 3.8) is 0 Å². The first-order valence-corrected chi connectivity index (χ1v) is 3.13. The molecule has 0 spiro atoms. The lowest BCUT2D eigenvalue weighted by Crippen LogP contribution is -1.85. The smallest absolute Gasteiger partial charge is 0.290 e. The third kappa shape index (κ3) is 4.35. The van der Waals surface area contributed by atoms with Gasteiger partial charge in [0.15, 0.2) is 0 Å². The van der Waals surface area contributed by atoms with Gasteiger partial charge in [0, 0.05) is 12.1 Å². The van der Waals surface area contributed by atoms with Crippen molar-refractivity contribution in [2.24, 2.45) is 0 Å². The number of aromatic hydroxyl groups is 1. The van der Waals surface area contributed by atoms with Crippen LogP contribution in [0.1, 0.15) is 0 Å². The highest BCUT2D eigenvalue weighted by molar-refractivity contribution is 5.35. The van der Waals surface area contributed by atoms with Gasteiger partial charge in [-0.15, -0.1) is 0 Å². The number of rotatable bonds is 1. The van der Waals surface area contributed by atoms with Gasteiger partial charge < -0.3 is 10.2 Å². The molecule has 0 heterocycles. The van der Waals surface area contributed by atoms with E-state index in [9.17, 15) is 10.1 Å². The van der Waals surface area contributed by atoms with E-state index < -0.39 is 4.92 Å². The lowest BCUT2D eigenvalue weighted by molar-refractivity contribution is -0.384. The summed E-state index contributed by atoms with van der Waals surface area (Å²) in [6, 6.07) is 5.04. The summed E-state index contributed by atoms with van der Waals surface area (Å²) in [4.78, 5) is 17.9. The Hall–Kier alpha value is -2.11. The molecule has 0 aromatic heterocycles. The molecule has 1 rings (SSSR count). The number of hydrogen-bond donors (Lipinski definition) is 2. The van der Waals surface area contributed by atoms with Gasteiger partial charge in [-0.05, 0) is 12.1 Å². The van der Waals surface area contributed by atoms with Crippen molar-refractivity contribution in [3.8, 4) is 5.75 Å². The average molecular weight is 185 g/mol. The van der Waals surface area contributed by atoms with Crippen LogP contribution in [-0.4, -0.2) is 21.6 Å². The molecule has 0 aliphatic carbocycles. The standard InChI is InChI=1S/C6H5NO3.CH2O2/c8-6-3-1-5(2-4-6)7(9)10;2-1-3/h1-4,8H;1H,(H,2,3). The zero-order chi connectivity index (χ0) is 10.3. The zero-order valence-electron chi connectivity index (χ0n) is 6.45. The number of nitro benzene ring substituents is 1. The lowest BCUT2D eigenvalue weighted by Gasteiger charge is -1.89. The van der Waals surface area contributed by atoms with Gasteiger partial charge in [-0.1, -0.05) is 0 Å². The monoisotopic (exact) mass is 185 g/mol. The van der Waals surface area contributed by atoms with Gasteiger partial charge in [-0.25, -0.2) is 0 Å². The molecule has 0 fully saturated rings. The van der Waals surface area contributed by atoms with Crippen molar-refractivity contribution >= 4 is 12.2 Å². The van der Waals surface area contributed by atoms with Crippen molar-refractivity contribution in [2.75, 3.05) is 0 Å². The van der Waals surface area contributed by atoms with E-state index >= 15 is 0 Å². The van der Waals surface area contributed by atoms with Crippen molar-refractivity contribution in [3.05, 3.63) is 34.4 Å². The minimum Gasteiger partial charge on any atom is -0.508 e. The van der Waals surface area contributed by atoms with Crippen LogP contribution in [0.25, 0.3) is 0 Å². The van der Waals surface area contributed by atoms with Crippen LogP contribution in [0.2, 0.25) is 0 Å². The maximum absolute atomic E-state index is 10.0. The third-order valence-corrected chi connectivity index (χ3v) is 1.06. The van der Waals surface area contributed by atoms with Crippen molar-refractivity contribution in [2.45, 2.75) is 0 Å². The number of nitrogens with zero attached hydrogens (tertiary/aromatic N) is 1. The SMILES string of the molecule is O=CO.O=[N+]([O-])c1ccc(O)cc1. The Kier molecular flexibility index (Phi) is 4.63. The van der Waals surface area contributed by atoms with E-state index in [-0.39, 0.29) is 17.9 Å². The molecule has 0 atom stereocenters. The average Bonchev–Trinajstić information content (AvgIpc) is 2.06. The maximum atomic E-state index is 10.0. The molecule has 0 unspecified atom stereocenters. The minimum atomic E-state index is -0.514. The molecule has 70 valence electrons. The molecule has 2 N–H and O–H groups in total. The molecule has 0 radical (unpaired) electrons. The molecule has 0 amide bonds. The van der Waals surface area contributed by atoms with E-state index in [4.69, 9.17) is 15.0 Å². The van der Waals surface area contributed by atoms with Gasteiger partial charge in [0.05, 0.1) is 4.92 Å². The molecule has 0 saturated carbocycles. The Morgan fingerprint density at radius 3 is 2.00 bits per heavy atom. The van der Waals surface area contributed by atoms with E-state index in [1.807, 2.05) is 0 Å². The second-order valence-corrected chi connectivity index (χ2v) is 1.88. The molecule has 6 heteroatoms. The number of non-ortho nitro benzene ring substituents is 1. The highest BCUT2D eigenvalue weighted by Gasteiger charge is 2.01. The highest BCUT2D eigenvalue weighted by atomic mass is 16.6. The molecule has 6 nitrogen and oxygen atoms in total. The quantitative estimate of drug-likeness (QED) is 0.386. The van der Waals surface area contributed by atoms with E-state index in [1.165, 1.54) is 24.3 Å². The lowest BCUT2D eigenvalue weighted by atomic mass is 10.3. The second kappa shape index (κ2) is 5.53. The van der Waals surface area contributed by atoms with Crippen molar-refractivity contribution in [1.29, 1.82) is 0 Å². The number of hydrogen-bond acceptors (Lipinski definition) is 4. The largest absolute Gasteiger partial charge is 0.508 e. The van der Waals surface area contributed by atoms with Crippen LogP contribution in [-0.2, 0) is 4.79 Å². The predicted octanol–water partition coefficient (Wildman–Crippen LogP) is 1.00. The number of benzene rings is 1. The molecule has 13 heavy (non-hydrogen) atoms. The van der Waals surface area contributed by atoms with Crippen LogP contribution >= 0.6 is 0 Å². The van der Waals surface area contributed by atoms with Crippen LogP contribution in [0.4, 0.5) is 5.69 Å². The van der Waals surface area contributed by atoms with Crippen LogP contribution in [0.15, 0.2) is 24.3 Å². The number of phenols is 1. The summed E-state index contributed by atoms with van der Waals surface area (Å²) in [5, 5.41) is 25.6. The van der Waals surface area contributed by atoms with Crippen molar-refractivity contribution < 1.29 is 19.9 Å². The Morgan fingerprint density at radius 2 is 1.69 bits per heavy atom. The summed E-state index contributed by atoms with van der Waals surface area (Å²) >= 11 is 0. The van der Waals surface area contributed by atoms with Gasteiger partial charge in [0.2, 0.25) is 0 Å². The second-order valence-electron chi connectivity index (χ2n) is 1.88. The summed E-state index contributed by atoms with van der Waals surface area (Å²) in [5.41, 5.74) is -0.0159. The Labute approximate surface area is 73.2 Å². The fourth-order valence-corrected chi connectivity index (χ4v) is 0.574. The first-order valence-electron chi connectivity index (χ1n) is 3.13. The van der Waals surface area contributed by atoms with Crippen LogP contribution in [0, 0.1) is 10.1 Å². The Balaban J connectivity index is 0.000000424. The van der Waals surface area contributed by atoms with Gasteiger partial charge in [-0.2, -0.15) is 0 Å². The third-order valence-electron chi connectivity index (χ3n) is 1.06. The molecule has 0 saturated heterocycles. The van der Waals surface area contributed by atoms with Gasteiger partial charge >= 0.3 is 0 Å².